The highest BCUT2D eigenvalue weighted by Gasteiger charge is 2.15. The van der Waals surface area contributed by atoms with Crippen molar-refractivity contribution in [1.29, 1.82) is 0 Å². The lowest BCUT2D eigenvalue weighted by Gasteiger charge is -2.21. The van der Waals surface area contributed by atoms with Crippen molar-refractivity contribution in [3.8, 4) is 0 Å². The van der Waals surface area contributed by atoms with E-state index in [0.29, 0.717) is 5.92 Å². The molecule has 1 aliphatic heterocycles. The van der Waals surface area contributed by atoms with Gasteiger partial charge in [-0.25, -0.2) is 9.67 Å². The van der Waals surface area contributed by atoms with Crippen LogP contribution < -0.4 is 5.32 Å². The fraction of sp³-hybridized carbons (Fsp3) is 0.667. The first kappa shape index (κ1) is 11.9. The number of ether oxygens (including phenoxy) is 1. The Labute approximate surface area is 110 Å². The Balaban J connectivity index is 1.69. The van der Waals surface area contributed by atoms with Crippen LogP contribution in [0.5, 0.6) is 0 Å². The van der Waals surface area contributed by atoms with E-state index in [1.807, 2.05) is 18.7 Å². The SMILES string of the molecule is Cc1nn(C)c2nc(NC[C@@H]3CCCOC3)sc12. The molecule has 0 aromatic carbocycles. The number of aromatic nitrogens is 3. The standard InChI is InChI=1S/C12H18N4OS/c1-8-10-11(16(2)15-8)14-12(18-10)13-6-9-4-3-5-17-7-9/h9H,3-7H2,1-2H3,(H,13,14)/t9-/m0/s1. The molecule has 0 aliphatic carbocycles. The van der Waals surface area contributed by atoms with Crippen molar-refractivity contribution in [3.05, 3.63) is 5.69 Å². The zero-order valence-corrected chi connectivity index (χ0v) is 11.6. The molecule has 3 heterocycles. The Morgan fingerprint density at radius 2 is 2.44 bits per heavy atom. The van der Waals surface area contributed by atoms with Crippen LogP contribution in [0, 0.1) is 12.8 Å². The summed E-state index contributed by atoms with van der Waals surface area (Å²) >= 11 is 1.69. The van der Waals surface area contributed by atoms with Crippen LogP contribution in [0.4, 0.5) is 5.13 Å². The quantitative estimate of drug-likeness (QED) is 0.925. The van der Waals surface area contributed by atoms with E-state index in [0.717, 1.165) is 36.2 Å². The molecule has 1 aliphatic rings. The third-order valence-electron chi connectivity index (χ3n) is 3.34. The molecule has 1 saturated heterocycles. The summed E-state index contributed by atoms with van der Waals surface area (Å²) in [4.78, 5) is 4.58. The first-order valence-corrected chi connectivity index (χ1v) is 7.17. The van der Waals surface area contributed by atoms with Gasteiger partial charge in [0.15, 0.2) is 10.8 Å². The van der Waals surface area contributed by atoms with E-state index in [4.69, 9.17) is 4.74 Å². The second kappa shape index (κ2) is 4.85. The Bertz CT molecular complexity index is 507. The van der Waals surface area contributed by atoms with Gasteiger partial charge in [-0.1, -0.05) is 11.3 Å². The predicted molar refractivity (Wildman–Crippen MR) is 73.2 cm³/mol. The molecule has 6 heteroatoms. The number of nitrogens with zero attached hydrogens (tertiary/aromatic N) is 3. The van der Waals surface area contributed by atoms with Crippen molar-refractivity contribution in [1.82, 2.24) is 14.8 Å². The van der Waals surface area contributed by atoms with Crippen molar-refractivity contribution in [3.63, 3.8) is 0 Å². The van der Waals surface area contributed by atoms with Crippen molar-refractivity contribution in [2.75, 3.05) is 25.1 Å². The van der Waals surface area contributed by atoms with Crippen molar-refractivity contribution in [2.45, 2.75) is 19.8 Å². The van der Waals surface area contributed by atoms with Crippen LogP contribution in [-0.2, 0) is 11.8 Å². The number of rotatable bonds is 3. The molecule has 5 nitrogen and oxygen atoms in total. The molecule has 0 spiro atoms. The molecule has 0 amide bonds. The topological polar surface area (TPSA) is 52.0 Å². The van der Waals surface area contributed by atoms with E-state index < -0.39 is 0 Å². The van der Waals surface area contributed by atoms with E-state index >= 15 is 0 Å². The smallest absolute Gasteiger partial charge is 0.185 e. The van der Waals surface area contributed by atoms with Gasteiger partial charge in [0.25, 0.3) is 0 Å². The average Bonchev–Trinajstić information content (AvgIpc) is 2.91. The minimum absolute atomic E-state index is 0.616. The Hall–Kier alpha value is -1.14. The van der Waals surface area contributed by atoms with Crippen LogP contribution >= 0.6 is 11.3 Å². The lowest BCUT2D eigenvalue weighted by molar-refractivity contribution is 0.0595. The van der Waals surface area contributed by atoms with Gasteiger partial charge in [0, 0.05) is 20.2 Å². The van der Waals surface area contributed by atoms with Gasteiger partial charge in [-0.15, -0.1) is 0 Å². The molecule has 1 N–H and O–H groups in total. The maximum absolute atomic E-state index is 5.48. The van der Waals surface area contributed by atoms with Crippen LogP contribution in [0.15, 0.2) is 0 Å². The summed E-state index contributed by atoms with van der Waals surface area (Å²) in [5.74, 6) is 0.616. The van der Waals surface area contributed by atoms with E-state index in [1.54, 1.807) is 11.3 Å². The fourth-order valence-corrected chi connectivity index (χ4v) is 3.30. The maximum atomic E-state index is 5.48. The van der Waals surface area contributed by atoms with Gasteiger partial charge in [0.1, 0.15) is 0 Å². The van der Waals surface area contributed by atoms with Gasteiger partial charge in [0.05, 0.1) is 17.0 Å². The van der Waals surface area contributed by atoms with Gasteiger partial charge in [-0.2, -0.15) is 5.10 Å². The van der Waals surface area contributed by atoms with Gasteiger partial charge in [0.2, 0.25) is 0 Å². The molecule has 0 saturated carbocycles. The highest BCUT2D eigenvalue weighted by molar-refractivity contribution is 7.22. The van der Waals surface area contributed by atoms with Gasteiger partial charge in [-0.05, 0) is 25.7 Å². The second-order valence-electron chi connectivity index (χ2n) is 4.84. The van der Waals surface area contributed by atoms with E-state index in [-0.39, 0.29) is 0 Å². The molecule has 2 aromatic rings. The fourth-order valence-electron chi connectivity index (χ4n) is 2.36. The van der Waals surface area contributed by atoms with E-state index in [1.165, 1.54) is 17.5 Å². The molecule has 0 unspecified atom stereocenters. The highest BCUT2D eigenvalue weighted by atomic mass is 32.1. The molecule has 98 valence electrons. The number of thiazole rings is 1. The van der Waals surface area contributed by atoms with E-state index in [2.05, 4.69) is 15.4 Å². The number of aryl methyl sites for hydroxylation is 2. The number of hydrogen-bond acceptors (Lipinski definition) is 5. The molecule has 0 bridgehead atoms. The molecule has 3 rings (SSSR count). The number of nitrogens with one attached hydrogen (secondary N) is 1. The van der Waals surface area contributed by atoms with Crippen molar-refractivity contribution in [2.24, 2.45) is 13.0 Å². The van der Waals surface area contributed by atoms with Gasteiger partial charge < -0.3 is 10.1 Å². The zero-order valence-electron chi connectivity index (χ0n) is 10.8. The van der Waals surface area contributed by atoms with Gasteiger partial charge in [-0.3, -0.25) is 0 Å². The summed E-state index contributed by atoms with van der Waals surface area (Å²) in [6, 6.07) is 0. The Morgan fingerprint density at radius 3 is 3.17 bits per heavy atom. The van der Waals surface area contributed by atoms with Crippen LogP contribution in [0.1, 0.15) is 18.5 Å². The molecule has 0 radical (unpaired) electrons. The summed E-state index contributed by atoms with van der Waals surface area (Å²) in [5, 5.41) is 8.78. The predicted octanol–water partition coefficient (Wildman–Crippen LogP) is 2.18. The minimum Gasteiger partial charge on any atom is -0.381 e. The molecular weight excluding hydrogens is 248 g/mol. The minimum atomic E-state index is 0.616. The summed E-state index contributed by atoms with van der Waals surface area (Å²) in [5.41, 5.74) is 2.03. The largest absolute Gasteiger partial charge is 0.381 e. The Morgan fingerprint density at radius 1 is 1.56 bits per heavy atom. The van der Waals surface area contributed by atoms with Crippen LogP contribution in [0.3, 0.4) is 0 Å². The van der Waals surface area contributed by atoms with Crippen LogP contribution in [-0.4, -0.2) is 34.5 Å². The molecule has 1 atom stereocenters. The lowest BCUT2D eigenvalue weighted by Crippen LogP contribution is -2.24. The summed E-state index contributed by atoms with van der Waals surface area (Å²) in [7, 11) is 1.94. The lowest BCUT2D eigenvalue weighted by atomic mass is 10.0. The average molecular weight is 266 g/mol. The zero-order chi connectivity index (χ0) is 12.5. The van der Waals surface area contributed by atoms with Crippen molar-refractivity contribution >= 4 is 26.8 Å². The van der Waals surface area contributed by atoms with E-state index in [9.17, 15) is 0 Å². The summed E-state index contributed by atoms with van der Waals surface area (Å²) in [6.07, 6.45) is 2.42. The third kappa shape index (κ3) is 2.22. The first-order valence-electron chi connectivity index (χ1n) is 6.36. The first-order chi connectivity index (χ1) is 8.74. The maximum Gasteiger partial charge on any atom is 0.185 e. The molecular formula is C12H18N4OS. The Kier molecular flexibility index (Phi) is 3.22. The molecule has 1 fully saturated rings. The van der Waals surface area contributed by atoms with Crippen LogP contribution in [0.25, 0.3) is 10.3 Å². The monoisotopic (exact) mass is 266 g/mol. The van der Waals surface area contributed by atoms with Crippen LogP contribution in [0.2, 0.25) is 0 Å². The number of hydrogen-bond donors (Lipinski definition) is 1. The molecule has 2 aromatic heterocycles. The third-order valence-corrected chi connectivity index (χ3v) is 4.45. The van der Waals surface area contributed by atoms with Crippen molar-refractivity contribution < 1.29 is 4.74 Å². The number of anilines is 1. The summed E-state index contributed by atoms with van der Waals surface area (Å²) in [6.45, 7) is 4.77. The summed E-state index contributed by atoms with van der Waals surface area (Å²) < 4.78 is 8.51. The highest BCUT2D eigenvalue weighted by Crippen LogP contribution is 2.28. The second-order valence-corrected chi connectivity index (χ2v) is 5.84. The normalized spacial score (nSPS) is 20.4. The van der Waals surface area contributed by atoms with Gasteiger partial charge >= 0.3 is 0 Å². The number of fused-ring (bicyclic) bond motifs is 1. The molecule has 18 heavy (non-hydrogen) atoms.